The molecule has 2 N–H and O–H groups in total. The van der Waals surface area contributed by atoms with E-state index in [-0.39, 0.29) is 11.1 Å². The molecule has 2 aromatic rings. The minimum atomic E-state index is -0.342. The van der Waals surface area contributed by atoms with Gasteiger partial charge in [-0.3, -0.25) is 10.1 Å². The van der Waals surface area contributed by atoms with Gasteiger partial charge in [-0.2, -0.15) is 0 Å². The number of H-pyrrole nitrogens is 1. The first kappa shape index (κ1) is 15.3. The van der Waals surface area contributed by atoms with Crippen LogP contribution in [-0.2, 0) is 0 Å². The highest BCUT2D eigenvalue weighted by molar-refractivity contribution is 7.15. The molecule has 0 saturated carbocycles. The number of rotatable bonds is 5. The fourth-order valence-electron chi connectivity index (χ4n) is 1.78. The maximum atomic E-state index is 12.0. The van der Waals surface area contributed by atoms with Crippen molar-refractivity contribution in [3.05, 3.63) is 26.9 Å². The first-order valence-electron chi connectivity index (χ1n) is 6.23. The van der Waals surface area contributed by atoms with Gasteiger partial charge in [0.1, 0.15) is 15.9 Å². The minimum Gasteiger partial charge on any atom is -0.340 e. The Labute approximate surface area is 130 Å². The zero-order valence-electron chi connectivity index (χ0n) is 11.0. The molecule has 0 spiro atoms. The average molecular weight is 333 g/mol. The smallest absolute Gasteiger partial charge is 0.273 e. The van der Waals surface area contributed by atoms with Gasteiger partial charge >= 0.3 is 0 Å². The third kappa shape index (κ3) is 3.31. The summed E-state index contributed by atoms with van der Waals surface area (Å²) >= 11 is 12.9. The van der Waals surface area contributed by atoms with Gasteiger partial charge in [-0.25, -0.2) is 0 Å². The van der Waals surface area contributed by atoms with Crippen molar-refractivity contribution in [3.8, 4) is 0 Å². The summed E-state index contributed by atoms with van der Waals surface area (Å²) in [6, 6.07) is 1.47. The lowest BCUT2D eigenvalue weighted by molar-refractivity contribution is 0.102. The van der Waals surface area contributed by atoms with E-state index < -0.39 is 0 Å². The summed E-state index contributed by atoms with van der Waals surface area (Å²) in [6.45, 7) is 4.22. The standard InChI is InChI=1S/C12H14Cl2N4OS/c1-3-6(4-2)11-17-18-12(20-11)16-10(19)8-5-7(13)9(14)15-8/h5-6,15H,3-4H2,1-2H3,(H,16,18,19). The second-order valence-corrected chi connectivity index (χ2v) is 6.05. The van der Waals surface area contributed by atoms with Crippen molar-refractivity contribution in [1.29, 1.82) is 0 Å². The molecule has 108 valence electrons. The van der Waals surface area contributed by atoms with Crippen molar-refractivity contribution in [2.45, 2.75) is 32.6 Å². The SMILES string of the molecule is CCC(CC)c1nnc(NC(=O)c2cc(Cl)c(Cl)[nH]2)s1. The van der Waals surface area contributed by atoms with Crippen LogP contribution in [-0.4, -0.2) is 21.1 Å². The topological polar surface area (TPSA) is 70.7 Å². The summed E-state index contributed by atoms with van der Waals surface area (Å²) < 4.78 is 0. The molecule has 2 heterocycles. The second-order valence-electron chi connectivity index (χ2n) is 4.26. The number of hydrogen-bond acceptors (Lipinski definition) is 4. The Balaban J connectivity index is 2.08. The Morgan fingerprint density at radius 2 is 2.10 bits per heavy atom. The van der Waals surface area contributed by atoms with E-state index in [0.717, 1.165) is 17.8 Å². The van der Waals surface area contributed by atoms with Crippen LogP contribution in [0.4, 0.5) is 5.13 Å². The van der Waals surface area contributed by atoms with Crippen LogP contribution in [0.25, 0.3) is 0 Å². The van der Waals surface area contributed by atoms with Crippen molar-refractivity contribution in [2.75, 3.05) is 5.32 Å². The third-order valence-electron chi connectivity index (χ3n) is 2.97. The van der Waals surface area contributed by atoms with Gasteiger partial charge in [-0.1, -0.05) is 48.4 Å². The predicted octanol–water partition coefficient (Wildman–Crippen LogP) is 4.33. The molecule has 0 aliphatic rings. The minimum absolute atomic E-state index is 0.242. The molecule has 5 nitrogen and oxygen atoms in total. The molecule has 2 rings (SSSR count). The van der Waals surface area contributed by atoms with Gasteiger partial charge in [0.2, 0.25) is 5.13 Å². The number of nitrogens with one attached hydrogen (secondary N) is 2. The lowest BCUT2D eigenvalue weighted by Gasteiger charge is -2.05. The zero-order chi connectivity index (χ0) is 14.7. The van der Waals surface area contributed by atoms with Crippen LogP contribution in [0.5, 0.6) is 0 Å². The zero-order valence-corrected chi connectivity index (χ0v) is 13.4. The van der Waals surface area contributed by atoms with E-state index in [1.165, 1.54) is 17.4 Å². The van der Waals surface area contributed by atoms with Gasteiger partial charge < -0.3 is 4.98 Å². The average Bonchev–Trinajstić information content (AvgIpc) is 3.00. The number of nitrogens with zero attached hydrogens (tertiary/aromatic N) is 2. The molecule has 0 aromatic carbocycles. The molecule has 8 heteroatoms. The number of aromatic nitrogens is 3. The van der Waals surface area contributed by atoms with Crippen LogP contribution in [0.15, 0.2) is 6.07 Å². The van der Waals surface area contributed by atoms with Crippen molar-refractivity contribution in [1.82, 2.24) is 15.2 Å². The van der Waals surface area contributed by atoms with Gasteiger partial charge in [-0.05, 0) is 18.9 Å². The first-order chi connectivity index (χ1) is 9.55. The molecule has 0 unspecified atom stereocenters. The number of aromatic amines is 1. The molecule has 0 aliphatic heterocycles. The molecular formula is C12H14Cl2N4OS. The Kier molecular flexibility index (Phi) is 5.01. The van der Waals surface area contributed by atoms with Gasteiger partial charge in [0.15, 0.2) is 0 Å². The van der Waals surface area contributed by atoms with E-state index in [0.29, 0.717) is 21.8 Å². The molecule has 0 fully saturated rings. The van der Waals surface area contributed by atoms with Gasteiger partial charge in [0.25, 0.3) is 5.91 Å². The molecule has 0 bridgehead atoms. The summed E-state index contributed by atoms with van der Waals surface area (Å²) in [4.78, 5) is 14.7. The Morgan fingerprint density at radius 3 is 2.65 bits per heavy atom. The fourth-order valence-corrected chi connectivity index (χ4v) is 3.10. The van der Waals surface area contributed by atoms with E-state index in [4.69, 9.17) is 23.2 Å². The van der Waals surface area contributed by atoms with Crippen molar-refractivity contribution < 1.29 is 4.79 Å². The predicted molar refractivity (Wildman–Crippen MR) is 82.0 cm³/mol. The molecule has 1 amide bonds. The quantitative estimate of drug-likeness (QED) is 0.855. The number of anilines is 1. The highest BCUT2D eigenvalue weighted by Crippen LogP contribution is 2.28. The van der Waals surface area contributed by atoms with Crippen molar-refractivity contribution >= 4 is 45.6 Å². The third-order valence-corrected chi connectivity index (χ3v) is 4.66. The molecule has 0 radical (unpaired) electrons. The summed E-state index contributed by atoms with van der Waals surface area (Å²) in [5.74, 6) is 0.0403. The molecule has 0 atom stereocenters. The van der Waals surface area contributed by atoms with Gasteiger partial charge in [0, 0.05) is 5.92 Å². The molecule has 20 heavy (non-hydrogen) atoms. The lowest BCUT2D eigenvalue weighted by atomic mass is 10.1. The van der Waals surface area contributed by atoms with Crippen molar-refractivity contribution in [2.24, 2.45) is 0 Å². The number of amides is 1. The molecule has 0 aliphatic carbocycles. The largest absolute Gasteiger partial charge is 0.340 e. The Morgan fingerprint density at radius 1 is 1.40 bits per heavy atom. The molecule has 0 saturated heterocycles. The highest BCUT2D eigenvalue weighted by atomic mass is 35.5. The van der Waals surface area contributed by atoms with Gasteiger partial charge in [0.05, 0.1) is 5.02 Å². The van der Waals surface area contributed by atoms with Crippen LogP contribution in [0.3, 0.4) is 0 Å². The van der Waals surface area contributed by atoms with Crippen LogP contribution < -0.4 is 5.32 Å². The van der Waals surface area contributed by atoms with E-state index >= 15 is 0 Å². The van der Waals surface area contributed by atoms with E-state index in [2.05, 4.69) is 34.3 Å². The maximum Gasteiger partial charge on any atom is 0.273 e. The number of carbonyl (C=O) groups is 1. The summed E-state index contributed by atoms with van der Waals surface area (Å²) in [5, 5.41) is 12.7. The molecule has 2 aromatic heterocycles. The summed E-state index contributed by atoms with van der Waals surface area (Å²) in [5.41, 5.74) is 0.291. The van der Waals surface area contributed by atoms with Crippen LogP contribution in [0.2, 0.25) is 10.2 Å². The summed E-state index contributed by atoms with van der Waals surface area (Å²) in [6.07, 6.45) is 2.00. The number of carbonyl (C=O) groups excluding carboxylic acids is 1. The van der Waals surface area contributed by atoms with E-state index in [1.807, 2.05) is 0 Å². The van der Waals surface area contributed by atoms with Crippen LogP contribution in [0.1, 0.15) is 48.1 Å². The Bertz CT molecular complexity index is 587. The second kappa shape index (κ2) is 6.56. The molecular weight excluding hydrogens is 319 g/mol. The lowest BCUT2D eigenvalue weighted by Crippen LogP contribution is -2.11. The Hall–Kier alpha value is -1.11. The first-order valence-corrected chi connectivity index (χ1v) is 7.81. The number of halogens is 2. The number of hydrogen-bond donors (Lipinski definition) is 2. The maximum absolute atomic E-state index is 12.0. The normalized spacial score (nSPS) is 11.1. The highest BCUT2D eigenvalue weighted by Gasteiger charge is 2.16. The fraction of sp³-hybridized carbons (Fsp3) is 0.417. The van der Waals surface area contributed by atoms with E-state index in [1.54, 1.807) is 0 Å². The van der Waals surface area contributed by atoms with E-state index in [9.17, 15) is 4.79 Å². The van der Waals surface area contributed by atoms with Crippen LogP contribution >= 0.6 is 34.5 Å². The monoisotopic (exact) mass is 332 g/mol. The summed E-state index contributed by atoms with van der Waals surface area (Å²) in [7, 11) is 0. The van der Waals surface area contributed by atoms with Gasteiger partial charge in [-0.15, -0.1) is 10.2 Å². The van der Waals surface area contributed by atoms with Crippen LogP contribution in [0, 0.1) is 0 Å². The van der Waals surface area contributed by atoms with Crippen molar-refractivity contribution in [3.63, 3.8) is 0 Å².